The van der Waals surface area contributed by atoms with Crippen LogP contribution in [-0.2, 0) is 0 Å². The number of hydrogen-bond donors (Lipinski definition) is 0. The standard InChI is InChI=1S/C14H10FN3/c1-9-11-4-2-3-5-12(11)18-14(17-9)13-7-6-10(15)8-16-13/h2-8H,1H3. The lowest BCUT2D eigenvalue weighted by Crippen LogP contribution is -1.96. The highest BCUT2D eigenvalue weighted by Crippen LogP contribution is 2.19. The highest BCUT2D eigenvalue weighted by Gasteiger charge is 2.07. The lowest BCUT2D eigenvalue weighted by atomic mass is 10.2. The van der Waals surface area contributed by atoms with Gasteiger partial charge in [0.2, 0.25) is 0 Å². The van der Waals surface area contributed by atoms with E-state index in [1.807, 2.05) is 31.2 Å². The maximum Gasteiger partial charge on any atom is 0.178 e. The molecule has 1 aromatic carbocycles. The van der Waals surface area contributed by atoms with Crippen LogP contribution in [0.3, 0.4) is 0 Å². The van der Waals surface area contributed by atoms with E-state index in [1.165, 1.54) is 12.3 Å². The van der Waals surface area contributed by atoms with Gasteiger partial charge in [-0.15, -0.1) is 0 Å². The highest BCUT2D eigenvalue weighted by molar-refractivity contribution is 5.82. The monoisotopic (exact) mass is 239 g/mol. The van der Waals surface area contributed by atoms with Crippen LogP contribution in [0.2, 0.25) is 0 Å². The van der Waals surface area contributed by atoms with Crippen molar-refractivity contribution in [2.45, 2.75) is 6.92 Å². The fraction of sp³-hybridized carbons (Fsp3) is 0.0714. The minimum Gasteiger partial charge on any atom is -0.250 e. The molecular formula is C14H10FN3. The zero-order chi connectivity index (χ0) is 12.5. The summed E-state index contributed by atoms with van der Waals surface area (Å²) in [6.45, 7) is 1.93. The van der Waals surface area contributed by atoms with Gasteiger partial charge in [0.1, 0.15) is 11.5 Å². The molecule has 0 aliphatic carbocycles. The fourth-order valence-corrected chi connectivity index (χ4v) is 1.86. The molecule has 4 heteroatoms. The Balaban J connectivity index is 2.21. The van der Waals surface area contributed by atoms with Gasteiger partial charge in [-0.25, -0.2) is 19.3 Å². The SMILES string of the molecule is Cc1nc(-c2ccc(F)cn2)nc2ccccc12. The van der Waals surface area contributed by atoms with Crippen LogP contribution in [0.4, 0.5) is 4.39 Å². The van der Waals surface area contributed by atoms with Gasteiger partial charge >= 0.3 is 0 Å². The first-order valence-corrected chi connectivity index (χ1v) is 5.59. The molecule has 0 atom stereocenters. The topological polar surface area (TPSA) is 38.7 Å². The molecule has 0 N–H and O–H groups in total. The van der Waals surface area contributed by atoms with Crippen molar-refractivity contribution in [1.82, 2.24) is 15.0 Å². The molecule has 0 saturated carbocycles. The maximum absolute atomic E-state index is 12.8. The lowest BCUT2D eigenvalue weighted by Gasteiger charge is -2.04. The third-order valence-electron chi connectivity index (χ3n) is 2.75. The summed E-state index contributed by atoms with van der Waals surface area (Å²) in [4.78, 5) is 12.8. The molecule has 88 valence electrons. The number of nitrogens with zero attached hydrogens (tertiary/aromatic N) is 3. The van der Waals surface area contributed by atoms with Gasteiger partial charge in [0.05, 0.1) is 11.7 Å². The Morgan fingerprint density at radius 1 is 1.00 bits per heavy atom. The third-order valence-corrected chi connectivity index (χ3v) is 2.75. The van der Waals surface area contributed by atoms with E-state index in [2.05, 4.69) is 15.0 Å². The molecule has 3 rings (SSSR count). The van der Waals surface area contributed by atoms with Crippen LogP contribution in [0.25, 0.3) is 22.4 Å². The number of pyridine rings is 1. The van der Waals surface area contributed by atoms with E-state index in [4.69, 9.17) is 0 Å². The predicted octanol–water partition coefficient (Wildman–Crippen LogP) is 3.14. The first kappa shape index (κ1) is 10.8. The number of hydrogen-bond acceptors (Lipinski definition) is 3. The second-order valence-electron chi connectivity index (χ2n) is 4.01. The first-order valence-electron chi connectivity index (χ1n) is 5.59. The van der Waals surface area contributed by atoms with Gasteiger partial charge in [-0.3, -0.25) is 0 Å². The molecular weight excluding hydrogens is 229 g/mol. The number of fused-ring (bicyclic) bond motifs is 1. The molecule has 0 aliphatic heterocycles. The Morgan fingerprint density at radius 2 is 1.83 bits per heavy atom. The zero-order valence-electron chi connectivity index (χ0n) is 9.76. The Kier molecular flexibility index (Phi) is 2.48. The molecule has 0 amide bonds. The molecule has 0 spiro atoms. The molecule has 3 nitrogen and oxygen atoms in total. The highest BCUT2D eigenvalue weighted by atomic mass is 19.1. The van der Waals surface area contributed by atoms with Crippen molar-refractivity contribution in [2.24, 2.45) is 0 Å². The molecule has 2 heterocycles. The number of para-hydroxylation sites is 1. The molecule has 0 aliphatic rings. The number of benzene rings is 1. The van der Waals surface area contributed by atoms with E-state index < -0.39 is 0 Å². The minimum absolute atomic E-state index is 0.365. The van der Waals surface area contributed by atoms with Crippen molar-refractivity contribution in [2.75, 3.05) is 0 Å². The number of rotatable bonds is 1. The Labute approximate surface area is 103 Å². The summed E-state index contributed by atoms with van der Waals surface area (Å²) < 4.78 is 12.8. The van der Waals surface area contributed by atoms with Gasteiger partial charge in [-0.2, -0.15) is 0 Å². The van der Waals surface area contributed by atoms with Crippen molar-refractivity contribution in [3.05, 3.63) is 54.1 Å². The van der Waals surface area contributed by atoms with E-state index in [9.17, 15) is 4.39 Å². The van der Waals surface area contributed by atoms with Gasteiger partial charge in [0.15, 0.2) is 5.82 Å². The molecule has 0 fully saturated rings. The smallest absolute Gasteiger partial charge is 0.178 e. The summed E-state index contributed by atoms with van der Waals surface area (Å²) in [6, 6.07) is 10.7. The van der Waals surface area contributed by atoms with Crippen LogP contribution in [0.5, 0.6) is 0 Å². The van der Waals surface area contributed by atoms with E-state index in [1.54, 1.807) is 6.07 Å². The quantitative estimate of drug-likeness (QED) is 0.654. The molecule has 2 aromatic heterocycles. The van der Waals surface area contributed by atoms with Crippen LogP contribution in [0.15, 0.2) is 42.6 Å². The molecule has 0 unspecified atom stereocenters. The molecule has 18 heavy (non-hydrogen) atoms. The van der Waals surface area contributed by atoms with Crippen LogP contribution in [-0.4, -0.2) is 15.0 Å². The van der Waals surface area contributed by atoms with Crippen LogP contribution in [0, 0.1) is 12.7 Å². The van der Waals surface area contributed by atoms with Crippen molar-refractivity contribution < 1.29 is 4.39 Å². The predicted molar refractivity (Wildman–Crippen MR) is 67.5 cm³/mol. The zero-order valence-corrected chi connectivity index (χ0v) is 9.76. The summed E-state index contributed by atoms with van der Waals surface area (Å²) >= 11 is 0. The summed E-state index contributed by atoms with van der Waals surface area (Å²) in [5, 5.41) is 1.02. The van der Waals surface area contributed by atoms with E-state index in [0.717, 1.165) is 16.6 Å². The molecule has 0 radical (unpaired) electrons. The van der Waals surface area contributed by atoms with Gasteiger partial charge < -0.3 is 0 Å². The van der Waals surface area contributed by atoms with Crippen molar-refractivity contribution in [3.8, 4) is 11.5 Å². The van der Waals surface area contributed by atoms with Crippen LogP contribution in [0.1, 0.15) is 5.69 Å². The fourth-order valence-electron chi connectivity index (χ4n) is 1.86. The number of halogens is 1. The van der Waals surface area contributed by atoms with Crippen molar-refractivity contribution >= 4 is 10.9 Å². The molecule has 3 aromatic rings. The maximum atomic E-state index is 12.8. The van der Waals surface area contributed by atoms with Gasteiger partial charge in [0, 0.05) is 11.1 Å². The molecule has 0 bridgehead atoms. The summed E-state index contributed by atoms with van der Waals surface area (Å²) in [7, 11) is 0. The van der Waals surface area contributed by atoms with Crippen molar-refractivity contribution in [1.29, 1.82) is 0 Å². The van der Waals surface area contributed by atoms with Crippen molar-refractivity contribution in [3.63, 3.8) is 0 Å². The Bertz CT molecular complexity index is 708. The normalized spacial score (nSPS) is 10.8. The molecule has 0 saturated heterocycles. The number of aryl methyl sites for hydroxylation is 1. The van der Waals surface area contributed by atoms with Crippen LogP contribution < -0.4 is 0 Å². The van der Waals surface area contributed by atoms with Gasteiger partial charge in [-0.05, 0) is 25.1 Å². The van der Waals surface area contributed by atoms with Crippen LogP contribution >= 0.6 is 0 Å². The average Bonchev–Trinajstić information content (AvgIpc) is 2.39. The largest absolute Gasteiger partial charge is 0.250 e. The van der Waals surface area contributed by atoms with Gasteiger partial charge in [-0.1, -0.05) is 18.2 Å². The second-order valence-corrected chi connectivity index (χ2v) is 4.01. The minimum atomic E-state index is -0.365. The number of aromatic nitrogens is 3. The average molecular weight is 239 g/mol. The summed E-state index contributed by atoms with van der Waals surface area (Å²) in [5.41, 5.74) is 2.33. The second kappa shape index (κ2) is 4.14. The summed E-state index contributed by atoms with van der Waals surface area (Å²) in [5.74, 6) is 0.155. The van der Waals surface area contributed by atoms with E-state index >= 15 is 0 Å². The van der Waals surface area contributed by atoms with Gasteiger partial charge in [0.25, 0.3) is 0 Å². The summed E-state index contributed by atoms with van der Waals surface area (Å²) in [6.07, 6.45) is 1.17. The van der Waals surface area contributed by atoms with E-state index in [-0.39, 0.29) is 5.82 Å². The van der Waals surface area contributed by atoms with E-state index in [0.29, 0.717) is 11.5 Å². The lowest BCUT2D eigenvalue weighted by molar-refractivity contribution is 0.621. The third kappa shape index (κ3) is 1.82. The Morgan fingerprint density at radius 3 is 2.61 bits per heavy atom. The first-order chi connectivity index (χ1) is 8.74. The Hall–Kier alpha value is -2.36.